The summed E-state index contributed by atoms with van der Waals surface area (Å²) >= 11 is 0. The van der Waals surface area contributed by atoms with E-state index in [2.05, 4.69) is 13.8 Å². The molecule has 0 atom stereocenters. The standard InChI is InChI=1S/2C24H36O3S.Ca/c2*1-2-3-4-5-6-7-8-9-10-11-12-13-15-21-18-19-22-16-14-17-24(23(22)20-21)28(25,26)27;/h2*14,16-20H,2-13,15H2,1H3,(H,25,26,27);/q;;+2/p-2. The molecule has 0 aliphatic heterocycles. The van der Waals surface area contributed by atoms with Crippen LogP contribution in [0.25, 0.3) is 21.5 Å². The molecule has 0 aliphatic rings. The topological polar surface area (TPSA) is 114 Å². The van der Waals surface area contributed by atoms with Gasteiger partial charge < -0.3 is 9.11 Å². The number of rotatable bonds is 28. The first-order chi connectivity index (χ1) is 27.0. The molecule has 0 aromatic heterocycles. The van der Waals surface area contributed by atoms with Crippen LogP contribution in [0.15, 0.2) is 82.6 Å². The molecule has 0 unspecified atom stereocenters. The molecule has 0 bridgehead atoms. The largest absolute Gasteiger partial charge is 2.00 e. The van der Waals surface area contributed by atoms with Gasteiger partial charge in [-0.05, 0) is 82.6 Å². The van der Waals surface area contributed by atoms with Gasteiger partial charge in [-0.15, -0.1) is 0 Å². The van der Waals surface area contributed by atoms with Gasteiger partial charge in [-0.25, -0.2) is 16.8 Å². The van der Waals surface area contributed by atoms with Crippen molar-refractivity contribution in [3.05, 3.63) is 83.9 Å². The van der Waals surface area contributed by atoms with Crippen molar-refractivity contribution in [3.8, 4) is 0 Å². The smallest absolute Gasteiger partial charge is 0.744 e. The minimum Gasteiger partial charge on any atom is -0.744 e. The first-order valence-corrected chi connectivity index (χ1v) is 24.8. The Bertz CT molecular complexity index is 1770. The Morgan fingerprint density at radius 2 is 0.667 bits per heavy atom. The van der Waals surface area contributed by atoms with Crippen molar-refractivity contribution >= 4 is 79.5 Å². The summed E-state index contributed by atoms with van der Waals surface area (Å²) in [7, 11) is -8.89. The van der Waals surface area contributed by atoms with Crippen LogP contribution in [-0.4, -0.2) is 63.7 Å². The second-order valence-electron chi connectivity index (χ2n) is 15.8. The normalized spacial score (nSPS) is 11.7. The zero-order valence-electron chi connectivity index (χ0n) is 35.3. The summed E-state index contributed by atoms with van der Waals surface area (Å²) in [6.07, 6.45) is 33.6. The van der Waals surface area contributed by atoms with E-state index in [1.165, 1.54) is 153 Å². The molecule has 0 N–H and O–H groups in total. The summed E-state index contributed by atoms with van der Waals surface area (Å²) in [5.41, 5.74) is 2.21. The van der Waals surface area contributed by atoms with E-state index < -0.39 is 20.2 Å². The summed E-state index contributed by atoms with van der Waals surface area (Å²) in [5, 5.41) is 2.70. The van der Waals surface area contributed by atoms with Gasteiger partial charge in [0.25, 0.3) is 0 Å². The number of benzene rings is 4. The molecular weight excluding hydrogens is 777 g/mol. The minimum atomic E-state index is -4.44. The maximum Gasteiger partial charge on any atom is 2.00 e. The summed E-state index contributed by atoms with van der Waals surface area (Å²) in [6, 6.07) is 21.4. The molecule has 0 saturated heterocycles. The van der Waals surface area contributed by atoms with Crippen molar-refractivity contribution < 1.29 is 25.9 Å². The maximum atomic E-state index is 11.5. The molecule has 4 aromatic carbocycles. The summed E-state index contributed by atoms with van der Waals surface area (Å²) in [4.78, 5) is -0.219. The fraction of sp³-hybridized carbons (Fsp3) is 0.583. The molecule has 312 valence electrons. The van der Waals surface area contributed by atoms with Crippen molar-refractivity contribution in [1.29, 1.82) is 0 Å². The zero-order chi connectivity index (χ0) is 40.5. The first-order valence-electron chi connectivity index (χ1n) is 22.0. The molecule has 0 heterocycles. The molecule has 0 fully saturated rings. The molecule has 9 heteroatoms. The predicted molar refractivity (Wildman–Crippen MR) is 239 cm³/mol. The van der Waals surface area contributed by atoms with E-state index in [4.69, 9.17) is 0 Å². The number of hydrogen-bond donors (Lipinski definition) is 0. The third-order valence-corrected chi connectivity index (χ3v) is 12.8. The quantitative estimate of drug-likeness (QED) is 0.0319. The van der Waals surface area contributed by atoms with Gasteiger partial charge in [0, 0.05) is 0 Å². The second-order valence-corrected chi connectivity index (χ2v) is 18.5. The summed E-state index contributed by atoms with van der Waals surface area (Å²) in [5.74, 6) is 0. The van der Waals surface area contributed by atoms with Gasteiger partial charge in [-0.3, -0.25) is 0 Å². The van der Waals surface area contributed by atoms with Crippen LogP contribution in [0.1, 0.15) is 179 Å². The van der Waals surface area contributed by atoms with Crippen LogP contribution in [0.2, 0.25) is 0 Å². The van der Waals surface area contributed by atoms with Crippen LogP contribution in [0.3, 0.4) is 0 Å². The molecule has 0 spiro atoms. The SMILES string of the molecule is CCCCCCCCCCCCCCc1ccc2cccc(S(=O)(=O)[O-])c2c1.CCCCCCCCCCCCCCc1ccc2cccc(S(=O)(=O)[O-])c2c1.[Ca+2]. The average molecular weight is 847 g/mol. The van der Waals surface area contributed by atoms with Crippen LogP contribution in [0, 0.1) is 0 Å². The van der Waals surface area contributed by atoms with E-state index in [0.29, 0.717) is 10.8 Å². The molecule has 0 aliphatic carbocycles. The van der Waals surface area contributed by atoms with Crippen molar-refractivity contribution in [2.45, 2.75) is 191 Å². The molecular formula is C48H70CaO6S2. The number of fused-ring (bicyclic) bond motifs is 2. The van der Waals surface area contributed by atoms with Gasteiger partial charge in [0.05, 0.1) is 9.79 Å². The van der Waals surface area contributed by atoms with Crippen molar-refractivity contribution in [1.82, 2.24) is 0 Å². The Labute approximate surface area is 376 Å². The number of hydrogen-bond acceptors (Lipinski definition) is 6. The Kier molecular flexibility index (Phi) is 26.9. The van der Waals surface area contributed by atoms with Gasteiger partial charge >= 0.3 is 37.7 Å². The van der Waals surface area contributed by atoms with Crippen molar-refractivity contribution in [3.63, 3.8) is 0 Å². The predicted octanol–water partition coefficient (Wildman–Crippen LogP) is 13.6. The Morgan fingerprint density at radius 3 is 0.947 bits per heavy atom. The fourth-order valence-corrected chi connectivity index (χ4v) is 9.05. The summed E-state index contributed by atoms with van der Waals surface area (Å²) < 4.78 is 68.9. The van der Waals surface area contributed by atoms with Gasteiger partial charge in [-0.2, -0.15) is 0 Å². The van der Waals surface area contributed by atoms with E-state index in [0.717, 1.165) is 47.6 Å². The average Bonchev–Trinajstić information content (AvgIpc) is 3.17. The molecule has 4 aromatic rings. The zero-order valence-corrected chi connectivity index (χ0v) is 39.1. The fourth-order valence-electron chi connectivity index (χ4n) is 7.67. The second kappa shape index (κ2) is 29.7. The van der Waals surface area contributed by atoms with Crippen LogP contribution in [0.5, 0.6) is 0 Å². The van der Waals surface area contributed by atoms with Crippen LogP contribution in [-0.2, 0) is 33.1 Å². The third-order valence-electron chi connectivity index (χ3n) is 11.0. The van der Waals surface area contributed by atoms with E-state index in [-0.39, 0.29) is 47.5 Å². The Morgan fingerprint density at radius 1 is 0.386 bits per heavy atom. The van der Waals surface area contributed by atoms with Gasteiger partial charge in [-0.1, -0.05) is 204 Å². The van der Waals surface area contributed by atoms with E-state index >= 15 is 0 Å². The third kappa shape index (κ3) is 21.0. The van der Waals surface area contributed by atoms with E-state index in [1.54, 1.807) is 12.1 Å². The Hall–Kier alpha value is -1.52. The molecule has 0 radical (unpaired) electrons. The molecule has 6 nitrogen and oxygen atoms in total. The minimum absolute atomic E-state index is 0. The molecule has 4 rings (SSSR count). The van der Waals surface area contributed by atoms with Crippen LogP contribution < -0.4 is 0 Å². The van der Waals surface area contributed by atoms with Crippen molar-refractivity contribution in [2.24, 2.45) is 0 Å². The van der Waals surface area contributed by atoms with Gasteiger partial charge in [0.15, 0.2) is 0 Å². The van der Waals surface area contributed by atoms with Crippen LogP contribution >= 0.6 is 0 Å². The monoisotopic (exact) mass is 846 g/mol. The maximum absolute atomic E-state index is 11.5. The van der Waals surface area contributed by atoms with Gasteiger partial charge in [0.1, 0.15) is 20.2 Å². The Balaban J connectivity index is 0.000000387. The summed E-state index contributed by atoms with van der Waals surface area (Å²) in [6.45, 7) is 4.52. The van der Waals surface area contributed by atoms with Crippen LogP contribution in [0.4, 0.5) is 0 Å². The number of aryl methyl sites for hydroxylation is 2. The molecule has 0 amide bonds. The molecule has 0 saturated carbocycles. The van der Waals surface area contributed by atoms with E-state index in [1.807, 2.05) is 48.5 Å². The number of unbranched alkanes of at least 4 members (excludes halogenated alkanes) is 22. The van der Waals surface area contributed by atoms with Gasteiger partial charge in [0.2, 0.25) is 0 Å². The first kappa shape index (κ1) is 51.6. The molecule has 57 heavy (non-hydrogen) atoms. The van der Waals surface area contributed by atoms with E-state index in [9.17, 15) is 25.9 Å². The van der Waals surface area contributed by atoms with Crippen molar-refractivity contribution in [2.75, 3.05) is 0 Å².